The predicted octanol–water partition coefficient (Wildman–Crippen LogP) is 2.58. The molecule has 0 heterocycles. The van der Waals surface area contributed by atoms with E-state index in [1.165, 1.54) is 6.07 Å². The van der Waals surface area contributed by atoms with Gasteiger partial charge in [-0.15, -0.1) is 0 Å². The molecular weight excluding hydrogens is 241 g/mol. The average molecular weight is 260 g/mol. The highest BCUT2D eigenvalue weighted by Crippen LogP contribution is 2.14. The van der Waals surface area contributed by atoms with Crippen molar-refractivity contribution in [3.8, 4) is 0 Å². The summed E-state index contributed by atoms with van der Waals surface area (Å²) in [6, 6.07) is 2.20. The van der Waals surface area contributed by atoms with Crippen molar-refractivity contribution in [1.82, 2.24) is 10.6 Å². The SMILES string of the molecule is CCCNCCCNCc1ccc(F)c(F)c1F. The molecule has 2 nitrogen and oxygen atoms in total. The lowest BCUT2D eigenvalue weighted by Crippen LogP contribution is -2.22. The van der Waals surface area contributed by atoms with Gasteiger partial charge in [0.05, 0.1) is 0 Å². The fourth-order valence-corrected chi connectivity index (χ4v) is 1.57. The van der Waals surface area contributed by atoms with Gasteiger partial charge in [0.2, 0.25) is 0 Å². The van der Waals surface area contributed by atoms with Crippen molar-refractivity contribution in [3.63, 3.8) is 0 Å². The number of hydrogen-bond donors (Lipinski definition) is 2. The van der Waals surface area contributed by atoms with E-state index in [-0.39, 0.29) is 12.1 Å². The van der Waals surface area contributed by atoms with E-state index in [1.807, 2.05) is 0 Å². The minimum absolute atomic E-state index is 0.149. The molecular formula is C13H19F3N2. The van der Waals surface area contributed by atoms with E-state index in [9.17, 15) is 13.2 Å². The highest BCUT2D eigenvalue weighted by Gasteiger charge is 2.12. The maximum Gasteiger partial charge on any atom is 0.194 e. The van der Waals surface area contributed by atoms with Gasteiger partial charge >= 0.3 is 0 Å². The van der Waals surface area contributed by atoms with E-state index in [0.29, 0.717) is 6.54 Å². The Morgan fingerprint density at radius 3 is 2.39 bits per heavy atom. The lowest BCUT2D eigenvalue weighted by molar-refractivity contribution is 0.438. The molecule has 0 unspecified atom stereocenters. The summed E-state index contributed by atoms with van der Waals surface area (Å²) in [6.45, 7) is 4.88. The fourth-order valence-electron chi connectivity index (χ4n) is 1.57. The molecule has 0 aliphatic heterocycles. The Bertz CT molecular complexity index is 369. The Hall–Kier alpha value is -1.07. The van der Waals surface area contributed by atoms with Crippen LogP contribution in [0.3, 0.4) is 0 Å². The molecule has 0 aromatic heterocycles. The van der Waals surface area contributed by atoms with Gasteiger partial charge in [-0.1, -0.05) is 13.0 Å². The molecule has 1 aromatic rings. The van der Waals surface area contributed by atoms with Crippen LogP contribution in [0, 0.1) is 17.5 Å². The van der Waals surface area contributed by atoms with E-state index in [0.717, 1.165) is 32.0 Å². The lowest BCUT2D eigenvalue weighted by atomic mass is 10.2. The zero-order valence-electron chi connectivity index (χ0n) is 10.5. The number of hydrogen-bond acceptors (Lipinski definition) is 2. The third-order valence-electron chi connectivity index (χ3n) is 2.56. The second-order valence-corrected chi connectivity index (χ2v) is 4.11. The van der Waals surface area contributed by atoms with Crippen molar-refractivity contribution < 1.29 is 13.2 Å². The second kappa shape index (κ2) is 8.11. The summed E-state index contributed by atoms with van der Waals surface area (Å²) in [5.41, 5.74) is 0.149. The maximum atomic E-state index is 13.3. The minimum Gasteiger partial charge on any atom is -0.317 e. The normalized spacial score (nSPS) is 10.9. The third kappa shape index (κ3) is 4.66. The van der Waals surface area contributed by atoms with Gasteiger partial charge in [-0.25, -0.2) is 13.2 Å². The number of benzene rings is 1. The molecule has 102 valence electrons. The molecule has 0 aliphatic carbocycles. The second-order valence-electron chi connectivity index (χ2n) is 4.11. The van der Waals surface area contributed by atoms with E-state index in [4.69, 9.17) is 0 Å². The summed E-state index contributed by atoms with van der Waals surface area (Å²) in [4.78, 5) is 0. The third-order valence-corrected chi connectivity index (χ3v) is 2.56. The zero-order chi connectivity index (χ0) is 13.4. The first-order chi connectivity index (χ1) is 8.66. The Labute approximate surface area is 106 Å². The highest BCUT2D eigenvalue weighted by molar-refractivity contribution is 5.20. The van der Waals surface area contributed by atoms with Gasteiger partial charge in [-0.2, -0.15) is 0 Å². The molecule has 0 saturated heterocycles. The molecule has 1 aromatic carbocycles. The Balaban J connectivity index is 2.25. The molecule has 0 atom stereocenters. The smallest absolute Gasteiger partial charge is 0.194 e. The first-order valence-corrected chi connectivity index (χ1v) is 6.20. The van der Waals surface area contributed by atoms with Gasteiger partial charge in [0.15, 0.2) is 17.5 Å². The lowest BCUT2D eigenvalue weighted by Gasteiger charge is -2.07. The van der Waals surface area contributed by atoms with Crippen molar-refractivity contribution in [2.24, 2.45) is 0 Å². The van der Waals surface area contributed by atoms with Gasteiger partial charge in [0.1, 0.15) is 0 Å². The van der Waals surface area contributed by atoms with Gasteiger partial charge in [-0.05, 0) is 38.5 Å². The maximum absolute atomic E-state index is 13.3. The topological polar surface area (TPSA) is 24.1 Å². The van der Waals surface area contributed by atoms with Crippen LogP contribution in [0.25, 0.3) is 0 Å². The molecule has 0 bridgehead atoms. The number of halogens is 3. The van der Waals surface area contributed by atoms with Crippen molar-refractivity contribution >= 4 is 0 Å². The predicted molar refractivity (Wildman–Crippen MR) is 65.8 cm³/mol. The van der Waals surface area contributed by atoms with Gasteiger partial charge in [-0.3, -0.25) is 0 Å². The van der Waals surface area contributed by atoms with Crippen LogP contribution in [0.5, 0.6) is 0 Å². The zero-order valence-corrected chi connectivity index (χ0v) is 10.5. The Morgan fingerprint density at radius 2 is 1.67 bits per heavy atom. The largest absolute Gasteiger partial charge is 0.317 e. The molecule has 0 saturated carbocycles. The van der Waals surface area contributed by atoms with E-state index in [2.05, 4.69) is 17.6 Å². The summed E-state index contributed by atoms with van der Waals surface area (Å²) in [5.74, 6) is -3.66. The first kappa shape index (κ1) is 15.0. The standard InChI is InChI=1S/C13H19F3N2/c1-2-6-17-7-3-8-18-9-10-4-5-11(14)13(16)12(10)15/h4-5,17-18H,2-3,6-9H2,1H3. The minimum atomic E-state index is -1.40. The highest BCUT2D eigenvalue weighted by atomic mass is 19.2. The Kier molecular flexibility index (Phi) is 6.75. The molecule has 0 spiro atoms. The van der Waals surface area contributed by atoms with E-state index < -0.39 is 17.5 Å². The van der Waals surface area contributed by atoms with Gasteiger partial charge in [0.25, 0.3) is 0 Å². The summed E-state index contributed by atoms with van der Waals surface area (Å²) >= 11 is 0. The molecule has 1 rings (SSSR count). The summed E-state index contributed by atoms with van der Waals surface area (Å²) in [7, 11) is 0. The molecule has 0 radical (unpaired) electrons. The fraction of sp³-hybridized carbons (Fsp3) is 0.538. The van der Waals surface area contributed by atoms with Crippen LogP contribution in [-0.4, -0.2) is 19.6 Å². The quantitative estimate of drug-likeness (QED) is 0.554. The summed E-state index contributed by atoms with van der Waals surface area (Å²) in [5, 5.41) is 6.24. The molecule has 0 amide bonds. The van der Waals surface area contributed by atoms with Gasteiger partial charge < -0.3 is 10.6 Å². The van der Waals surface area contributed by atoms with Crippen molar-refractivity contribution in [1.29, 1.82) is 0 Å². The molecule has 0 fully saturated rings. The van der Waals surface area contributed by atoms with Crippen molar-refractivity contribution in [2.75, 3.05) is 19.6 Å². The molecule has 18 heavy (non-hydrogen) atoms. The first-order valence-electron chi connectivity index (χ1n) is 6.20. The van der Waals surface area contributed by atoms with Crippen molar-refractivity contribution in [3.05, 3.63) is 35.1 Å². The van der Waals surface area contributed by atoms with Crippen LogP contribution in [0.1, 0.15) is 25.3 Å². The average Bonchev–Trinajstić information content (AvgIpc) is 2.37. The van der Waals surface area contributed by atoms with Crippen LogP contribution in [0.2, 0.25) is 0 Å². The van der Waals surface area contributed by atoms with Gasteiger partial charge in [0, 0.05) is 12.1 Å². The van der Waals surface area contributed by atoms with E-state index in [1.54, 1.807) is 0 Å². The van der Waals surface area contributed by atoms with Crippen LogP contribution in [0.15, 0.2) is 12.1 Å². The van der Waals surface area contributed by atoms with Crippen LogP contribution in [0.4, 0.5) is 13.2 Å². The summed E-state index contributed by atoms with van der Waals surface area (Å²) in [6.07, 6.45) is 2.00. The van der Waals surface area contributed by atoms with E-state index >= 15 is 0 Å². The summed E-state index contributed by atoms with van der Waals surface area (Å²) < 4.78 is 38.9. The molecule has 2 N–H and O–H groups in total. The molecule has 0 aliphatic rings. The number of rotatable bonds is 8. The van der Waals surface area contributed by atoms with Crippen LogP contribution >= 0.6 is 0 Å². The van der Waals surface area contributed by atoms with Crippen LogP contribution in [-0.2, 0) is 6.54 Å². The Morgan fingerprint density at radius 1 is 0.944 bits per heavy atom. The van der Waals surface area contributed by atoms with Crippen LogP contribution < -0.4 is 10.6 Å². The van der Waals surface area contributed by atoms with Crippen molar-refractivity contribution in [2.45, 2.75) is 26.3 Å². The molecule has 5 heteroatoms. The monoisotopic (exact) mass is 260 g/mol. The number of nitrogens with one attached hydrogen (secondary N) is 2.